The summed E-state index contributed by atoms with van der Waals surface area (Å²) in [5.74, 6) is 0.890. The number of rotatable bonds is 5. The van der Waals surface area contributed by atoms with E-state index < -0.39 is 11.7 Å². The highest BCUT2D eigenvalue weighted by atomic mass is 19.4. The van der Waals surface area contributed by atoms with Gasteiger partial charge in [-0.25, -0.2) is 0 Å². The van der Waals surface area contributed by atoms with Crippen molar-refractivity contribution in [3.05, 3.63) is 53.6 Å². The molecule has 2 aliphatic rings. The van der Waals surface area contributed by atoms with Crippen molar-refractivity contribution in [2.75, 3.05) is 32.8 Å². The van der Waals surface area contributed by atoms with E-state index in [4.69, 9.17) is 4.74 Å². The van der Waals surface area contributed by atoms with Gasteiger partial charge in [0, 0.05) is 13.1 Å². The second kappa shape index (κ2) is 8.54. The van der Waals surface area contributed by atoms with Gasteiger partial charge in [-0.2, -0.15) is 13.2 Å². The van der Waals surface area contributed by atoms with E-state index in [2.05, 4.69) is 18.7 Å². The lowest BCUT2D eigenvalue weighted by molar-refractivity contribution is -0.137. The van der Waals surface area contributed by atoms with Crippen LogP contribution in [-0.4, -0.2) is 54.5 Å². The quantitative estimate of drug-likeness (QED) is 0.671. The lowest BCUT2D eigenvalue weighted by Crippen LogP contribution is -2.37. The largest absolute Gasteiger partial charge is 0.491 e. The Bertz CT molecular complexity index is 939. The third-order valence-corrected chi connectivity index (χ3v) is 6.36. The average molecular weight is 432 g/mol. The molecule has 31 heavy (non-hydrogen) atoms. The Balaban J connectivity index is 1.56. The molecule has 1 saturated heterocycles. The van der Waals surface area contributed by atoms with Crippen LogP contribution in [0.3, 0.4) is 0 Å². The highest BCUT2D eigenvalue weighted by molar-refractivity contribution is 5.99. The minimum atomic E-state index is -4.37. The molecule has 0 spiro atoms. The van der Waals surface area contributed by atoms with E-state index in [1.54, 1.807) is 18.2 Å². The molecule has 0 aromatic heterocycles. The van der Waals surface area contributed by atoms with Gasteiger partial charge in [-0.15, -0.1) is 0 Å². The van der Waals surface area contributed by atoms with Crippen LogP contribution in [0.5, 0.6) is 5.75 Å². The third-order valence-electron chi connectivity index (χ3n) is 6.36. The molecule has 0 N–H and O–H groups in total. The maximum absolute atomic E-state index is 13.3. The molecule has 1 fully saturated rings. The molecule has 2 aromatic rings. The predicted octanol–water partition coefficient (Wildman–Crippen LogP) is 4.94. The maximum atomic E-state index is 13.3. The summed E-state index contributed by atoms with van der Waals surface area (Å²) >= 11 is 0. The van der Waals surface area contributed by atoms with Gasteiger partial charge in [-0.05, 0) is 60.8 Å². The van der Waals surface area contributed by atoms with Crippen molar-refractivity contribution in [1.29, 1.82) is 0 Å². The molecule has 7 heteroatoms. The van der Waals surface area contributed by atoms with Crippen molar-refractivity contribution in [3.8, 4) is 16.9 Å². The first kappa shape index (κ1) is 21.7. The van der Waals surface area contributed by atoms with Gasteiger partial charge < -0.3 is 14.5 Å². The Hall–Kier alpha value is -2.54. The summed E-state index contributed by atoms with van der Waals surface area (Å²) in [5.41, 5.74) is 1.11. The number of nitrogens with zero attached hydrogens (tertiary/aromatic N) is 2. The molecule has 2 heterocycles. The maximum Gasteiger partial charge on any atom is 0.416 e. The summed E-state index contributed by atoms with van der Waals surface area (Å²) < 4.78 is 44.5. The van der Waals surface area contributed by atoms with E-state index in [-0.39, 0.29) is 11.9 Å². The second-order valence-corrected chi connectivity index (χ2v) is 8.30. The third kappa shape index (κ3) is 4.42. The van der Waals surface area contributed by atoms with Crippen molar-refractivity contribution < 1.29 is 22.7 Å². The van der Waals surface area contributed by atoms with E-state index in [1.165, 1.54) is 12.1 Å². The van der Waals surface area contributed by atoms with Gasteiger partial charge in [-0.3, -0.25) is 4.79 Å². The number of carbonyl (C=O) groups is 1. The number of ether oxygens (including phenoxy) is 1. The van der Waals surface area contributed by atoms with Crippen LogP contribution in [0.15, 0.2) is 42.5 Å². The van der Waals surface area contributed by atoms with Gasteiger partial charge in [0.25, 0.3) is 5.91 Å². The number of alkyl halides is 3. The summed E-state index contributed by atoms with van der Waals surface area (Å²) in [7, 11) is 0. The smallest absolute Gasteiger partial charge is 0.416 e. The molecule has 0 bridgehead atoms. The van der Waals surface area contributed by atoms with Crippen LogP contribution < -0.4 is 4.74 Å². The second-order valence-electron chi connectivity index (χ2n) is 8.30. The molecule has 4 rings (SSSR count). The molecule has 2 aliphatic heterocycles. The fourth-order valence-corrected chi connectivity index (χ4v) is 4.59. The van der Waals surface area contributed by atoms with Gasteiger partial charge in [0.05, 0.1) is 17.2 Å². The summed E-state index contributed by atoms with van der Waals surface area (Å²) in [5, 5.41) is 0. The van der Waals surface area contributed by atoms with E-state index in [9.17, 15) is 18.0 Å². The summed E-state index contributed by atoms with van der Waals surface area (Å²) in [4.78, 5) is 17.6. The SMILES string of the molecule is CCN(CC)CC1C[C@H]2COc3ccc(-c4ccc(C(F)(F)F)cc4)cc3C(=O)N2C1. The highest BCUT2D eigenvalue weighted by Gasteiger charge is 2.39. The summed E-state index contributed by atoms with van der Waals surface area (Å²) in [6.07, 6.45) is -3.45. The summed E-state index contributed by atoms with van der Waals surface area (Å²) in [6, 6.07) is 10.3. The first-order valence-electron chi connectivity index (χ1n) is 10.8. The zero-order valence-corrected chi connectivity index (χ0v) is 17.8. The molecule has 0 aliphatic carbocycles. The zero-order valence-electron chi connectivity index (χ0n) is 17.8. The van der Waals surface area contributed by atoms with E-state index in [0.717, 1.165) is 38.2 Å². The molecule has 2 atom stereocenters. The lowest BCUT2D eigenvalue weighted by Gasteiger charge is -2.23. The summed E-state index contributed by atoms with van der Waals surface area (Å²) in [6.45, 7) is 8.39. The molecule has 166 valence electrons. The van der Waals surface area contributed by atoms with Crippen LogP contribution in [0.1, 0.15) is 36.2 Å². The molecule has 1 amide bonds. The standard InChI is InChI=1S/C24H27F3N2O2/c1-3-28(4-2)13-16-11-20-15-31-22-10-7-18(12-21(22)23(30)29(20)14-16)17-5-8-19(9-6-17)24(25,26)27/h5-10,12,16,20H,3-4,11,13-15H2,1-2H3/t16?,20-/m0/s1. The zero-order chi connectivity index (χ0) is 22.2. The van der Waals surface area contributed by atoms with Crippen LogP contribution in [0.2, 0.25) is 0 Å². The number of fused-ring (bicyclic) bond motifs is 2. The van der Waals surface area contributed by atoms with Gasteiger partial charge in [0.2, 0.25) is 0 Å². The van der Waals surface area contributed by atoms with E-state index in [1.807, 2.05) is 4.90 Å². The minimum absolute atomic E-state index is 0.0509. The fraction of sp³-hybridized carbons (Fsp3) is 0.458. The lowest BCUT2D eigenvalue weighted by atomic mass is 10.0. The van der Waals surface area contributed by atoms with Crippen molar-refractivity contribution in [1.82, 2.24) is 9.80 Å². The van der Waals surface area contributed by atoms with Crippen molar-refractivity contribution in [3.63, 3.8) is 0 Å². The molecule has 4 nitrogen and oxygen atoms in total. The Morgan fingerprint density at radius 1 is 1.06 bits per heavy atom. The highest BCUT2D eigenvalue weighted by Crippen LogP contribution is 2.36. The van der Waals surface area contributed by atoms with E-state index in [0.29, 0.717) is 41.5 Å². The number of carbonyl (C=O) groups excluding carboxylic acids is 1. The monoisotopic (exact) mass is 432 g/mol. The van der Waals surface area contributed by atoms with Crippen molar-refractivity contribution >= 4 is 5.91 Å². The number of halogens is 3. The first-order chi connectivity index (χ1) is 14.8. The normalized spacial score (nSPS) is 21.0. The number of hydrogen-bond acceptors (Lipinski definition) is 3. The first-order valence-corrected chi connectivity index (χ1v) is 10.8. The Morgan fingerprint density at radius 2 is 1.74 bits per heavy atom. The molecule has 1 unspecified atom stereocenters. The number of benzene rings is 2. The van der Waals surface area contributed by atoms with Crippen LogP contribution in [0.4, 0.5) is 13.2 Å². The van der Waals surface area contributed by atoms with Crippen LogP contribution in [0, 0.1) is 5.92 Å². The predicted molar refractivity (Wildman–Crippen MR) is 113 cm³/mol. The van der Waals surface area contributed by atoms with Crippen LogP contribution in [-0.2, 0) is 6.18 Å². The molecular formula is C24H27F3N2O2. The van der Waals surface area contributed by atoms with E-state index >= 15 is 0 Å². The molecule has 0 radical (unpaired) electrons. The Kier molecular flexibility index (Phi) is 5.97. The Morgan fingerprint density at radius 3 is 2.39 bits per heavy atom. The van der Waals surface area contributed by atoms with Gasteiger partial charge in [-0.1, -0.05) is 32.0 Å². The Labute approximate surface area is 180 Å². The van der Waals surface area contributed by atoms with Crippen LogP contribution in [0.25, 0.3) is 11.1 Å². The van der Waals surface area contributed by atoms with Gasteiger partial charge in [0.1, 0.15) is 12.4 Å². The van der Waals surface area contributed by atoms with Crippen molar-refractivity contribution in [2.24, 2.45) is 5.92 Å². The van der Waals surface area contributed by atoms with Gasteiger partial charge in [0.15, 0.2) is 0 Å². The molecule has 0 saturated carbocycles. The fourth-order valence-electron chi connectivity index (χ4n) is 4.59. The van der Waals surface area contributed by atoms with Crippen molar-refractivity contribution in [2.45, 2.75) is 32.5 Å². The number of hydrogen-bond donors (Lipinski definition) is 0. The average Bonchev–Trinajstić information content (AvgIpc) is 3.12. The minimum Gasteiger partial charge on any atom is -0.491 e. The molecular weight excluding hydrogens is 405 g/mol. The van der Waals surface area contributed by atoms with Crippen LogP contribution >= 0.6 is 0 Å². The van der Waals surface area contributed by atoms with Gasteiger partial charge >= 0.3 is 6.18 Å². The molecule has 2 aromatic carbocycles. The number of amides is 1. The topological polar surface area (TPSA) is 32.8 Å².